The van der Waals surface area contributed by atoms with E-state index in [1.807, 2.05) is 44.4 Å². The van der Waals surface area contributed by atoms with Crippen LogP contribution in [0.3, 0.4) is 0 Å². The van der Waals surface area contributed by atoms with Crippen molar-refractivity contribution in [1.29, 1.82) is 0 Å². The second-order valence-electron chi connectivity index (χ2n) is 6.26. The molecular weight excluding hydrogens is 304 g/mol. The highest BCUT2D eigenvalue weighted by Gasteiger charge is 2.21. The molecule has 0 radical (unpaired) electrons. The predicted octanol–water partition coefficient (Wildman–Crippen LogP) is 1.91. The van der Waals surface area contributed by atoms with Gasteiger partial charge < -0.3 is 5.32 Å². The highest BCUT2D eigenvalue weighted by molar-refractivity contribution is 5.88. The number of aromatic nitrogens is 3. The Kier molecular flexibility index (Phi) is 5.10. The Bertz CT molecular complexity index is 676. The first-order valence-corrected chi connectivity index (χ1v) is 8.30. The molecule has 1 aliphatic rings. The number of carbonyl (C=O) groups excluding carboxylic acids is 1. The number of amides is 2. The summed E-state index contributed by atoms with van der Waals surface area (Å²) in [4.78, 5) is 18.9. The van der Waals surface area contributed by atoms with Crippen LogP contribution in [0.5, 0.6) is 0 Å². The molecule has 1 aliphatic heterocycles. The number of likely N-dealkylation sites (tertiary alicyclic amines) is 1. The fourth-order valence-corrected chi connectivity index (χ4v) is 3.02. The van der Waals surface area contributed by atoms with Gasteiger partial charge in [0.25, 0.3) is 0 Å². The van der Waals surface area contributed by atoms with Crippen molar-refractivity contribution < 1.29 is 4.79 Å². The topological polar surface area (TPSA) is 75.1 Å². The molecule has 0 aliphatic carbocycles. The number of carbonyl (C=O) groups is 1. The molecule has 0 bridgehead atoms. The lowest BCUT2D eigenvalue weighted by molar-refractivity contribution is 0.188. The Morgan fingerprint density at radius 3 is 2.75 bits per heavy atom. The number of pyridine rings is 1. The third kappa shape index (κ3) is 4.32. The first-order valence-electron chi connectivity index (χ1n) is 8.30. The summed E-state index contributed by atoms with van der Waals surface area (Å²) >= 11 is 0. The number of urea groups is 1. The van der Waals surface area contributed by atoms with Crippen LogP contribution >= 0.6 is 0 Å². The van der Waals surface area contributed by atoms with E-state index in [1.54, 1.807) is 4.68 Å². The molecule has 24 heavy (non-hydrogen) atoms. The molecule has 3 heterocycles. The molecule has 2 aromatic rings. The maximum atomic E-state index is 12.1. The quantitative estimate of drug-likeness (QED) is 0.899. The molecule has 1 saturated heterocycles. The number of nitrogens with zero attached hydrogens (tertiary/aromatic N) is 4. The smallest absolute Gasteiger partial charge is 0.320 e. The summed E-state index contributed by atoms with van der Waals surface area (Å²) in [5.41, 5.74) is 1.98. The molecule has 2 aromatic heterocycles. The summed E-state index contributed by atoms with van der Waals surface area (Å²) in [6, 6.07) is 7.90. The number of nitrogens with one attached hydrogen (secondary N) is 2. The minimum atomic E-state index is -0.166. The Labute approximate surface area is 142 Å². The third-order valence-electron chi connectivity index (χ3n) is 4.28. The van der Waals surface area contributed by atoms with Crippen LogP contribution < -0.4 is 10.6 Å². The van der Waals surface area contributed by atoms with Crippen LogP contribution in [-0.4, -0.2) is 44.8 Å². The molecule has 0 unspecified atom stereocenters. The highest BCUT2D eigenvalue weighted by atomic mass is 16.2. The summed E-state index contributed by atoms with van der Waals surface area (Å²) in [6.45, 7) is 4.70. The van der Waals surface area contributed by atoms with Gasteiger partial charge in [-0.15, -0.1) is 0 Å². The van der Waals surface area contributed by atoms with Crippen LogP contribution in [0.2, 0.25) is 0 Å². The Morgan fingerprint density at radius 2 is 2.12 bits per heavy atom. The molecule has 7 nitrogen and oxygen atoms in total. The van der Waals surface area contributed by atoms with Gasteiger partial charge in [0, 0.05) is 45.0 Å². The van der Waals surface area contributed by atoms with Gasteiger partial charge in [0.2, 0.25) is 0 Å². The van der Waals surface area contributed by atoms with Crippen molar-refractivity contribution in [2.24, 2.45) is 7.05 Å². The number of anilines is 1. The van der Waals surface area contributed by atoms with Gasteiger partial charge in [0.05, 0.1) is 11.4 Å². The maximum absolute atomic E-state index is 12.1. The average molecular weight is 328 g/mol. The van der Waals surface area contributed by atoms with Crippen LogP contribution in [0.1, 0.15) is 24.2 Å². The van der Waals surface area contributed by atoms with Crippen molar-refractivity contribution in [1.82, 2.24) is 25.0 Å². The second-order valence-corrected chi connectivity index (χ2v) is 6.26. The van der Waals surface area contributed by atoms with Gasteiger partial charge in [-0.2, -0.15) is 5.10 Å². The average Bonchev–Trinajstić information content (AvgIpc) is 2.87. The van der Waals surface area contributed by atoms with Crippen molar-refractivity contribution in [3.8, 4) is 0 Å². The number of hydrogen-bond donors (Lipinski definition) is 2. The van der Waals surface area contributed by atoms with E-state index in [0.29, 0.717) is 5.82 Å². The lowest BCUT2D eigenvalue weighted by Crippen LogP contribution is -2.45. The molecule has 2 amide bonds. The van der Waals surface area contributed by atoms with Gasteiger partial charge in [-0.25, -0.2) is 4.79 Å². The molecule has 128 valence electrons. The highest BCUT2D eigenvalue weighted by Crippen LogP contribution is 2.13. The minimum Gasteiger partial charge on any atom is -0.335 e. The van der Waals surface area contributed by atoms with Gasteiger partial charge in [-0.05, 0) is 31.9 Å². The maximum Gasteiger partial charge on any atom is 0.320 e. The van der Waals surface area contributed by atoms with Crippen LogP contribution in [0.15, 0.2) is 30.5 Å². The molecule has 0 aromatic carbocycles. The number of hydrogen-bond acceptors (Lipinski definition) is 4. The fourth-order valence-electron chi connectivity index (χ4n) is 3.02. The zero-order chi connectivity index (χ0) is 16.9. The van der Waals surface area contributed by atoms with Gasteiger partial charge in [-0.1, -0.05) is 6.07 Å². The summed E-state index contributed by atoms with van der Waals surface area (Å²) in [6.07, 6.45) is 3.73. The Balaban J connectivity index is 1.43. The summed E-state index contributed by atoms with van der Waals surface area (Å²) in [5.74, 6) is 0.706. The van der Waals surface area contributed by atoms with Gasteiger partial charge in [0.15, 0.2) is 0 Å². The van der Waals surface area contributed by atoms with Crippen LogP contribution in [0.25, 0.3) is 0 Å². The molecule has 1 fully saturated rings. The van der Waals surface area contributed by atoms with E-state index < -0.39 is 0 Å². The van der Waals surface area contributed by atoms with Gasteiger partial charge in [0.1, 0.15) is 5.82 Å². The molecular formula is C17H24N6O. The first-order chi connectivity index (χ1) is 11.6. The van der Waals surface area contributed by atoms with Crippen molar-refractivity contribution in [2.75, 3.05) is 18.4 Å². The summed E-state index contributed by atoms with van der Waals surface area (Å²) < 4.78 is 1.67. The van der Waals surface area contributed by atoms with Crippen molar-refractivity contribution in [3.05, 3.63) is 41.9 Å². The standard InChI is InChI=1S/C17H24N6O/c1-13-11-16(22(2)21-13)20-17(24)19-14-6-9-23(10-7-14)12-15-5-3-4-8-18-15/h3-5,8,11,14H,6-7,9-10,12H2,1-2H3,(H2,19,20,24). The van der Waals surface area contributed by atoms with E-state index in [2.05, 4.69) is 25.6 Å². The normalized spacial score (nSPS) is 16.1. The Morgan fingerprint density at radius 1 is 1.33 bits per heavy atom. The molecule has 0 atom stereocenters. The molecule has 3 rings (SSSR count). The third-order valence-corrected chi connectivity index (χ3v) is 4.28. The lowest BCUT2D eigenvalue weighted by Gasteiger charge is -2.32. The number of aryl methyl sites for hydroxylation is 2. The molecule has 2 N–H and O–H groups in total. The van der Waals surface area contributed by atoms with E-state index in [9.17, 15) is 4.79 Å². The number of rotatable bonds is 4. The molecule has 7 heteroatoms. The molecule has 0 saturated carbocycles. The largest absolute Gasteiger partial charge is 0.335 e. The van der Waals surface area contributed by atoms with Crippen LogP contribution in [0, 0.1) is 6.92 Å². The van der Waals surface area contributed by atoms with E-state index in [4.69, 9.17) is 0 Å². The second kappa shape index (κ2) is 7.44. The van der Waals surface area contributed by atoms with E-state index in [1.165, 1.54) is 0 Å². The SMILES string of the molecule is Cc1cc(NC(=O)NC2CCN(Cc3ccccn3)CC2)n(C)n1. The lowest BCUT2D eigenvalue weighted by atomic mass is 10.1. The predicted molar refractivity (Wildman–Crippen MR) is 92.6 cm³/mol. The van der Waals surface area contributed by atoms with Gasteiger partial charge in [-0.3, -0.25) is 19.9 Å². The van der Waals surface area contributed by atoms with E-state index in [0.717, 1.165) is 43.9 Å². The van der Waals surface area contributed by atoms with Crippen molar-refractivity contribution in [2.45, 2.75) is 32.4 Å². The zero-order valence-electron chi connectivity index (χ0n) is 14.2. The summed E-state index contributed by atoms with van der Waals surface area (Å²) in [7, 11) is 1.82. The molecule has 0 spiro atoms. The zero-order valence-corrected chi connectivity index (χ0v) is 14.2. The Hall–Kier alpha value is -2.41. The van der Waals surface area contributed by atoms with Crippen molar-refractivity contribution >= 4 is 11.8 Å². The van der Waals surface area contributed by atoms with E-state index >= 15 is 0 Å². The van der Waals surface area contributed by atoms with E-state index in [-0.39, 0.29) is 12.1 Å². The minimum absolute atomic E-state index is 0.166. The van der Waals surface area contributed by atoms with Crippen molar-refractivity contribution in [3.63, 3.8) is 0 Å². The summed E-state index contributed by atoms with van der Waals surface area (Å²) in [5, 5.41) is 10.1. The number of piperidine rings is 1. The fraction of sp³-hybridized carbons (Fsp3) is 0.471. The monoisotopic (exact) mass is 328 g/mol. The first kappa shape index (κ1) is 16.4. The van der Waals surface area contributed by atoms with Crippen LogP contribution in [-0.2, 0) is 13.6 Å². The van der Waals surface area contributed by atoms with Crippen LogP contribution in [0.4, 0.5) is 10.6 Å². The van der Waals surface area contributed by atoms with Gasteiger partial charge >= 0.3 is 6.03 Å².